The summed E-state index contributed by atoms with van der Waals surface area (Å²) in [4.78, 5) is 23.7. The fraction of sp³-hybridized carbons (Fsp3) is 0.318. The molecule has 0 aromatic heterocycles. The van der Waals surface area contributed by atoms with Crippen LogP contribution in [0.4, 0.5) is 23.7 Å². The lowest BCUT2D eigenvalue weighted by Gasteiger charge is -2.35. The van der Waals surface area contributed by atoms with Gasteiger partial charge in [0, 0.05) is 19.3 Å². The van der Waals surface area contributed by atoms with Gasteiger partial charge in [-0.25, -0.2) is 23.0 Å². The summed E-state index contributed by atoms with van der Waals surface area (Å²) in [6.45, 7) is 2.06. The molecule has 0 fully saturated rings. The third kappa shape index (κ3) is 3.93. The van der Waals surface area contributed by atoms with Crippen molar-refractivity contribution in [3.63, 3.8) is 0 Å². The van der Waals surface area contributed by atoms with Gasteiger partial charge in [-0.1, -0.05) is 12.1 Å². The molecular formula is C22H22F3N5O2. The molecule has 7 nitrogen and oxygen atoms in total. The topological polar surface area (TPSA) is 80.5 Å². The Labute approximate surface area is 182 Å². The van der Waals surface area contributed by atoms with Gasteiger partial charge in [0.2, 0.25) is 11.9 Å². The van der Waals surface area contributed by atoms with Crippen molar-refractivity contribution >= 4 is 23.6 Å². The zero-order chi connectivity index (χ0) is 23.0. The molecule has 2 aliphatic rings. The first kappa shape index (κ1) is 21.8. The van der Waals surface area contributed by atoms with E-state index in [1.54, 1.807) is 4.90 Å². The van der Waals surface area contributed by atoms with E-state index in [1.165, 1.54) is 11.9 Å². The number of aliphatic hydroxyl groups is 1. The molecule has 2 aromatic carbocycles. The molecule has 0 bridgehead atoms. The maximum Gasteiger partial charge on any atom is 0.353 e. The normalized spacial score (nSPS) is 17.9. The first-order chi connectivity index (χ1) is 15.3. The van der Waals surface area contributed by atoms with E-state index in [0.29, 0.717) is 18.5 Å². The van der Waals surface area contributed by atoms with Gasteiger partial charge >= 0.3 is 6.03 Å². The Kier molecular flexibility index (Phi) is 5.88. The molecule has 0 radical (unpaired) electrons. The third-order valence-electron chi connectivity index (χ3n) is 5.51. The van der Waals surface area contributed by atoms with Gasteiger partial charge in [0.15, 0.2) is 17.5 Å². The van der Waals surface area contributed by atoms with Crippen LogP contribution >= 0.6 is 0 Å². The lowest BCUT2D eigenvalue weighted by atomic mass is 10.0. The summed E-state index contributed by atoms with van der Waals surface area (Å²) in [6.07, 6.45) is 1.28. The molecule has 2 N–H and O–H groups in total. The van der Waals surface area contributed by atoms with Crippen molar-refractivity contribution in [3.05, 3.63) is 64.5 Å². The smallest absolute Gasteiger partial charge is 0.353 e. The van der Waals surface area contributed by atoms with Crippen molar-refractivity contribution in [2.24, 2.45) is 9.98 Å². The Hall–Kier alpha value is -3.40. The van der Waals surface area contributed by atoms with Gasteiger partial charge in [-0.2, -0.15) is 4.99 Å². The van der Waals surface area contributed by atoms with Gasteiger partial charge in [-0.3, -0.25) is 9.80 Å². The second-order valence-electron chi connectivity index (χ2n) is 7.70. The number of urea groups is 1. The summed E-state index contributed by atoms with van der Waals surface area (Å²) >= 11 is 0. The van der Waals surface area contributed by atoms with Crippen LogP contribution in [0, 0.1) is 24.4 Å². The highest BCUT2D eigenvalue weighted by Gasteiger charge is 2.41. The molecular weight excluding hydrogens is 423 g/mol. The van der Waals surface area contributed by atoms with E-state index in [-0.39, 0.29) is 30.6 Å². The molecule has 0 aliphatic carbocycles. The Morgan fingerprint density at radius 3 is 2.59 bits per heavy atom. The summed E-state index contributed by atoms with van der Waals surface area (Å²) in [5, 5.41) is 12.2. The van der Waals surface area contributed by atoms with Gasteiger partial charge < -0.3 is 10.4 Å². The van der Waals surface area contributed by atoms with Crippen LogP contribution in [0.2, 0.25) is 0 Å². The van der Waals surface area contributed by atoms with Crippen molar-refractivity contribution < 1.29 is 23.1 Å². The second kappa shape index (κ2) is 8.62. The standard InChI is InChI=1S/C22H22F3N5O2/c1-12-5-6-13(4-3-7-31)8-17(12)27-20-28-22(32)29(2)21-26-11-18(30(20)21)14-9-15(23)19(25)16(24)10-14/h5-6,8-10,18,31H,3-4,7,11H2,1-2H3,(H,27,28,32)/t18-/m0/s1. The van der Waals surface area contributed by atoms with Crippen molar-refractivity contribution in [1.29, 1.82) is 0 Å². The molecule has 4 rings (SSSR count). The molecule has 2 aromatic rings. The maximum absolute atomic E-state index is 13.9. The lowest BCUT2D eigenvalue weighted by molar-refractivity contribution is 0.230. The highest BCUT2D eigenvalue weighted by Crippen LogP contribution is 2.32. The van der Waals surface area contributed by atoms with E-state index < -0.39 is 29.5 Å². The number of nitrogens with one attached hydrogen (secondary N) is 1. The number of aryl methyl sites for hydroxylation is 2. The third-order valence-corrected chi connectivity index (χ3v) is 5.51. The Morgan fingerprint density at radius 2 is 1.91 bits per heavy atom. The van der Waals surface area contributed by atoms with E-state index in [2.05, 4.69) is 15.3 Å². The number of carbonyl (C=O) groups is 1. The van der Waals surface area contributed by atoms with Crippen LogP contribution in [-0.2, 0) is 6.42 Å². The number of aliphatic hydroxyl groups excluding tert-OH is 1. The molecule has 10 heteroatoms. The first-order valence-corrected chi connectivity index (χ1v) is 10.1. The Bertz CT molecular complexity index is 1110. The number of aliphatic imine (C=N–C) groups is 2. The van der Waals surface area contributed by atoms with Crippen LogP contribution in [-0.4, -0.2) is 53.1 Å². The molecule has 0 spiro atoms. The van der Waals surface area contributed by atoms with E-state index in [0.717, 1.165) is 23.3 Å². The SMILES string of the molecule is Cc1ccc(CCCO)cc1NC1=NC(=O)N(C)C2=NC[C@@H](c3cc(F)c(F)c(F)c3)N12. The number of hydrogen-bond acceptors (Lipinski definition) is 5. The monoisotopic (exact) mass is 445 g/mol. The van der Waals surface area contributed by atoms with Crippen LogP contribution in [0.5, 0.6) is 0 Å². The number of halogens is 3. The summed E-state index contributed by atoms with van der Waals surface area (Å²) in [5.41, 5.74) is 2.74. The molecule has 1 atom stereocenters. The minimum absolute atomic E-state index is 0.0737. The molecule has 0 saturated heterocycles. The molecule has 2 heterocycles. The minimum atomic E-state index is -1.54. The van der Waals surface area contributed by atoms with E-state index in [4.69, 9.17) is 5.11 Å². The van der Waals surface area contributed by atoms with Crippen LogP contribution < -0.4 is 5.32 Å². The predicted molar refractivity (Wildman–Crippen MR) is 114 cm³/mol. The fourth-order valence-corrected chi connectivity index (χ4v) is 3.75. The zero-order valence-electron chi connectivity index (χ0n) is 17.6. The number of carbonyl (C=O) groups excluding carboxylic acids is 1. The van der Waals surface area contributed by atoms with Gasteiger partial charge in [0.25, 0.3) is 0 Å². The number of anilines is 1. The average molecular weight is 445 g/mol. The van der Waals surface area contributed by atoms with Crippen molar-refractivity contribution in [2.45, 2.75) is 25.8 Å². The molecule has 0 unspecified atom stereocenters. The summed E-state index contributed by atoms with van der Waals surface area (Å²) in [7, 11) is 1.50. The van der Waals surface area contributed by atoms with E-state index in [1.807, 2.05) is 25.1 Å². The van der Waals surface area contributed by atoms with Crippen molar-refractivity contribution in [3.8, 4) is 0 Å². The first-order valence-electron chi connectivity index (χ1n) is 10.1. The van der Waals surface area contributed by atoms with Gasteiger partial charge in [0.05, 0.1) is 12.6 Å². The highest BCUT2D eigenvalue weighted by atomic mass is 19.2. The molecule has 2 aliphatic heterocycles. The fourth-order valence-electron chi connectivity index (χ4n) is 3.75. The Morgan fingerprint density at radius 1 is 1.19 bits per heavy atom. The molecule has 2 amide bonds. The van der Waals surface area contributed by atoms with Gasteiger partial charge in [-0.15, -0.1) is 0 Å². The van der Waals surface area contributed by atoms with Crippen molar-refractivity contribution in [1.82, 2.24) is 9.80 Å². The van der Waals surface area contributed by atoms with Crippen LogP contribution in [0.1, 0.15) is 29.2 Å². The number of amides is 2. The summed E-state index contributed by atoms with van der Waals surface area (Å²) in [6, 6.07) is 6.38. The molecule has 0 saturated carbocycles. The van der Waals surface area contributed by atoms with Crippen LogP contribution in [0.3, 0.4) is 0 Å². The summed E-state index contributed by atoms with van der Waals surface area (Å²) in [5.74, 6) is -3.71. The van der Waals surface area contributed by atoms with Gasteiger partial charge in [0.1, 0.15) is 0 Å². The number of rotatable bonds is 5. The van der Waals surface area contributed by atoms with Crippen LogP contribution in [0.25, 0.3) is 0 Å². The Balaban J connectivity index is 1.71. The maximum atomic E-state index is 13.9. The number of fused-ring (bicyclic) bond motifs is 1. The van der Waals surface area contributed by atoms with Crippen LogP contribution in [0.15, 0.2) is 40.3 Å². The lowest BCUT2D eigenvalue weighted by Crippen LogP contribution is -2.53. The van der Waals surface area contributed by atoms with E-state index >= 15 is 0 Å². The number of hydrogen-bond donors (Lipinski definition) is 2. The average Bonchev–Trinajstić information content (AvgIpc) is 3.21. The quantitative estimate of drug-likeness (QED) is 0.690. The predicted octanol–water partition coefficient (Wildman–Crippen LogP) is 3.58. The van der Waals surface area contributed by atoms with Crippen molar-refractivity contribution in [2.75, 3.05) is 25.5 Å². The van der Waals surface area contributed by atoms with Gasteiger partial charge in [-0.05, 0) is 54.7 Å². The molecule has 168 valence electrons. The molecule has 32 heavy (non-hydrogen) atoms. The number of guanidine groups is 2. The number of nitrogens with zero attached hydrogens (tertiary/aromatic N) is 4. The minimum Gasteiger partial charge on any atom is -0.396 e. The summed E-state index contributed by atoms with van der Waals surface area (Å²) < 4.78 is 41.3. The second-order valence-corrected chi connectivity index (χ2v) is 7.70. The largest absolute Gasteiger partial charge is 0.396 e. The zero-order valence-corrected chi connectivity index (χ0v) is 17.6. The number of benzene rings is 2. The van der Waals surface area contributed by atoms with E-state index in [9.17, 15) is 18.0 Å². The highest BCUT2D eigenvalue weighted by molar-refractivity contribution is 6.17.